The predicted octanol–water partition coefficient (Wildman–Crippen LogP) is 2.32. The van der Waals surface area contributed by atoms with Crippen molar-refractivity contribution in [1.29, 1.82) is 0 Å². The third-order valence-corrected chi connectivity index (χ3v) is 2.74. The monoisotopic (exact) mass is 245 g/mol. The molecule has 2 N–H and O–H groups in total. The standard InChI is InChI=1S/C14H16FN3/c1-18(10-11-3-2-4-13(15)7-11)14-6-5-12(8-16)9-17-14/h2-7,9H,8,10,16H2,1H3. The van der Waals surface area contributed by atoms with Crippen molar-refractivity contribution >= 4 is 5.82 Å². The molecule has 1 aromatic heterocycles. The fourth-order valence-electron chi connectivity index (χ4n) is 1.75. The molecule has 1 heterocycles. The molecule has 1 aromatic carbocycles. The van der Waals surface area contributed by atoms with Gasteiger partial charge >= 0.3 is 0 Å². The van der Waals surface area contributed by atoms with Crippen molar-refractivity contribution in [3.05, 3.63) is 59.5 Å². The summed E-state index contributed by atoms with van der Waals surface area (Å²) in [5, 5.41) is 0. The molecule has 0 unspecified atom stereocenters. The molecule has 2 rings (SSSR count). The van der Waals surface area contributed by atoms with Crippen molar-refractivity contribution in [3.63, 3.8) is 0 Å². The molecule has 0 radical (unpaired) electrons. The van der Waals surface area contributed by atoms with Crippen LogP contribution in [0.25, 0.3) is 0 Å². The second kappa shape index (κ2) is 5.60. The van der Waals surface area contributed by atoms with Gasteiger partial charge in [-0.3, -0.25) is 0 Å². The lowest BCUT2D eigenvalue weighted by Crippen LogP contribution is -2.17. The molecule has 0 atom stereocenters. The van der Waals surface area contributed by atoms with E-state index >= 15 is 0 Å². The highest BCUT2D eigenvalue weighted by Crippen LogP contribution is 2.13. The first-order valence-electron chi connectivity index (χ1n) is 5.79. The van der Waals surface area contributed by atoms with Crippen LogP contribution in [0, 0.1) is 5.82 Å². The predicted molar refractivity (Wildman–Crippen MR) is 70.6 cm³/mol. The molecule has 0 aliphatic rings. The Morgan fingerprint density at radius 3 is 2.67 bits per heavy atom. The first kappa shape index (κ1) is 12.5. The van der Waals surface area contributed by atoms with Crippen molar-refractivity contribution < 1.29 is 4.39 Å². The maximum atomic E-state index is 13.1. The highest BCUT2D eigenvalue weighted by molar-refractivity contribution is 5.39. The summed E-state index contributed by atoms with van der Waals surface area (Å²) >= 11 is 0. The number of anilines is 1. The highest BCUT2D eigenvalue weighted by Gasteiger charge is 2.04. The van der Waals surface area contributed by atoms with Crippen molar-refractivity contribution in [1.82, 2.24) is 4.98 Å². The van der Waals surface area contributed by atoms with Crippen LogP contribution in [0.2, 0.25) is 0 Å². The lowest BCUT2D eigenvalue weighted by atomic mass is 10.2. The van der Waals surface area contributed by atoms with Gasteiger partial charge in [-0.25, -0.2) is 9.37 Å². The van der Waals surface area contributed by atoms with Gasteiger partial charge in [0.15, 0.2) is 0 Å². The summed E-state index contributed by atoms with van der Waals surface area (Å²) < 4.78 is 13.1. The molecule has 0 spiro atoms. The first-order valence-corrected chi connectivity index (χ1v) is 5.79. The van der Waals surface area contributed by atoms with Gasteiger partial charge in [-0.2, -0.15) is 0 Å². The largest absolute Gasteiger partial charge is 0.355 e. The van der Waals surface area contributed by atoms with Gasteiger partial charge in [-0.05, 0) is 29.3 Å². The average Bonchev–Trinajstić information content (AvgIpc) is 2.39. The minimum atomic E-state index is -0.215. The van der Waals surface area contributed by atoms with Gasteiger partial charge in [-0.15, -0.1) is 0 Å². The van der Waals surface area contributed by atoms with Crippen LogP contribution in [0.1, 0.15) is 11.1 Å². The van der Waals surface area contributed by atoms with Crippen molar-refractivity contribution in [2.75, 3.05) is 11.9 Å². The molecule has 0 saturated heterocycles. The maximum absolute atomic E-state index is 13.1. The Bertz CT molecular complexity index is 511. The molecular weight excluding hydrogens is 229 g/mol. The molecule has 94 valence electrons. The summed E-state index contributed by atoms with van der Waals surface area (Å²) in [6.45, 7) is 1.10. The Labute approximate surface area is 106 Å². The lowest BCUT2D eigenvalue weighted by Gasteiger charge is -2.18. The number of hydrogen-bond donors (Lipinski definition) is 1. The van der Waals surface area contributed by atoms with Gasteiger partial charge in [-0.1, -0.05) is 18.2 Å². The number of nitrogens with zero attached hydrogens (tertiary/aromatic N) is 2. The number of benzene rings is 1. The Morgan fingerprint density at radius 2 is 2.06 bits per heavy atom. The molecule has 18 heavy (non-hydrogen) atoms. The van der Waals surface area contributed by atoms with Crippen LogP contribution in [-0.2, 0) is 13.1 Å². The van der Waals surface area contributed by atoms with Gasteiger partial charge in [0.2, 0.25) is 0 Å². The Morgan fingerprint density at radius 1 is 1.22 bits per heavy atom. The van der Waals surface area contributed by atoms with Gasteiger partial charge in [0.25, 0.3) is 0 Å². The molecule has 0 aliphatic carbocycles. The third kappa shape index (κ3) is 3.05. The number of halogens is 1. The van der Waals surface area contributed by atoms with E-state index in [9.17, 15) is 4.39 Å². The van der Waals surface area contributed by atoms with E-state index in [0.717, 1.165) is 16.9 Å². The first-order chi connectivity index (χ1) is 8.69. The van der Waals surface area contributed by atoms with E-state index in [1.165, 1.54) is 12.1 Å². The van der Waals surface area contributed by atoms with Gasteiger partial charge in [0.1, 0.15) is 11.6 Å². The highest BCUT2D eigenvalue weighted by atomic mass is 19.1. The summed E-state index contributed by atoms with van der Waals surface area (Å²) in [5.41, 5.74) is 7.44. The zero-order valence-electron chi connectivity index (χ0n) is 10.3. The Hall–Kier alpha value is -1.94. The van der Waals surface area contributed by atoms with E-state index in [2.05, 4.69) is 4.98 Å². The van der Waals surface area contributed by atoms with E-state index in [1.807, 2.05) is 30.1 Å². The second-order valence-corrected chi connectivity index (χ2v) is 4.21. The van der Waals surface area contributed by atoms with Gasteiger partial charge in [0, 0.05) is 26.3 Å². The van der Waals surface area contributed by atoms with E-state index in [1.54, 1.807) is 12.3 Å². The second-order valence-electron chi connectivity index (χ2n) is 4.21. The SMILES string of the molecule is CN(Cc1cccc(F)c1)c1ccc(CN)cn1. The van der Waals surface area contributed by atoms with Crippen LogP contribution in [-0.4, -0.2) is 12.0 Å². The van der Waals surface area contributed by atoms with Crippen molar-refractivity contribution in [2.45, 2.75) is 13.1 Å². The normalized spacial score (nSPS) is 10.4. The maximum Gasteiger partial charge on any atom is 0.128 e. The summed E-state index contributed by atoms with van der Waals surface area (Å²) in [6.07, 6.45) is 1.76. The molecule has 3 nitrogen and oxygen atoms in total. The molecule has 0 bridgehead atoms. The summed E-state index contributed by atoms with van der Waals surface area (Å²) in [5.74, 6) is 0.629. The van der Waals surface area contributed by atoms with Crippen LogP contribution in [0.15, 0.2) is 42.6 Å². The van der Waals surface area contributed by atoms with E-state index < -0.39 is 0 Å². The van der Waals surface area contributed by atoms with Crippen LogP contribution in [0.3, 0.4) is 0 Å². The van der Waals surface area contributed by atoms with Crippen LogP contribution < -0.4 is 10.6 Å². The van der Waals surface area contributed by atoms with Crippen LogP contribution >= 0.6 is 0 Å². The number of rotatable bonds is 4. The number of pyridine rings is 1. The van der Waals surface area contributed by atoms with Crippen LogP contribution in [0.4, 0.5) is 10.2 Å². The minimum Gasteiger partial charge on any atom is -0.355 e. The molecule has 0 aliphatic heterocycles. The average molecular weight is 245 g/mol. The number of aromatic nitrogens is 1. The van der Waals surface area contributed by atoms with Crippen molar-refractivity contribution in [3.8, 4) is 0 Å². The number of nitrogens with two attached hydrogens (primary N) is 1. The molecule has 0 saturated carbocycles. The third-order valence-electron chi connectivity index (χ3n) is 2.74. The van der Waals surface area contributed by atoms with Crippen LogP contribution in [0.5, 0.6) is 0 Å². The fourth-order valence-corrected chi connectivity index (χ4v) is 1.75. The van der Waals surface area contributed by atoms with E-state index in [-0.39, 0.29) is 5.82 Å². The van der Waals surface area contributed by atoms with Gasteiger partial charge in [0.05, 0.1) is 0 Å². The minimum absolute atomic E-state index is 0.215. The fraction of sp³-hybridized carbons (Fsp3) is 0.214. The quantitative estimate of drug-likeness (QED) is 0.898. The lowest BCUT2D eigenvalue weighted by molar-refractivity contribution is 0.625. The molecular formula is C14H16FN3. The summed E-state index contributed by atoms with van der Waals surface area (Å²) in [7, 11) is 1.93. The number of hydrogen-bond acceptors (Lipinski definition) is 3. The Kier molecular flexibility index (Phi) is 3.89. The molecule has 0 amide bonds. The summed E-state index contributed by atoms with van der Waals surface area (Å²) in [4.78, 5) is 6.29. The van der Waals surface area contributed by atoms with E-state index in [4.69, 9.17) is 5.73 Å². The van der Waals surface area contributed by atoms with Crippen molar-refractivity contribution in [2.24, 2.45) is 5.73 Å². The molecule has 4 heteroatoms. The molecule has 0 fully saturated rings. The Balaban J connectivity index is 2.09. The topological polar surface area (TPSA) is 42.1 Å². The zero-order chi connectivity index (χ0) is 13.0. The smallest absolute Gasteiger partial charge is 0.128 e. The molecule has 2 aromatic rings. The van der Waals surface area contributed by atoms with Gasteiger partial charge < -0.3 is 10.6 Å². The zero-order valence-corrected chi connectivity index (χ0v) is 10.3. The summed E-state index contributed by atoms with van der Waals surface area (Å²) in [6, 6.07) is 10.5. The van der Waals surface area contributed by atoms with E-state index in [0.29, 0.717) is 13.1 Å².